The molecule has 3 aromatic rings. The van der Waals surface area contributed by atoms with Gasteiger partial charge in [0.2, 0.25) is 0 Å². The topological polar surface area (TPSA) is 50.9 Å². The number of fused-ring (bicyclic) bond motifs is 1. The summed E-state index contributed by atoms with van der Waals surface area (Å²) in [5.41, 5.74) is 8.72. The number of rotatable bonds is 3. The molecule has 0 amide bonds. The van der Waals surface area contributed by atoms with E-state index in [9.17, 15) is 0 Å². The maximum absolute atomic E-state index is 5.82. The lowest BCUT2D eigenvalue weighted by Gasteiger charge is -2.20. The predicted octanol–water partition coefficient (Wildman–Crippen LogP) is 3.40. The summed E-state index contributed by atoms with van der Waals surface area (Å²) in [5.74, 6) is 5.82. The zero-order valence-corrected chi connectivity index (χ0v) is 12.3. The van der Waals surface area contributed by atoms with E-state index in [0.29, 0.717) is 0 Å². The van der Waals surface area contributed by atoms with Crippen molar-refractivity contribution in [1.82, 2.24) is 10.4 Å². The number of hydrazine groups is 1. The fourth-order valence-corrected chi connectivity index (χ4v) is 2.78. The highest BCUT2D eigenvalue weighted by Gasteiger charge is 2.15. The van der Waals surface area contributed by atoms with E-state index in [2.05, 4.69) is 66.7 Å². The number of nitrogens with one attached hydrogen (secondary N) is 1. The van der Waals surface area contributed by atoms with E-state index in [1.165, 1.54) is 16.7 Å². The quantitative estimate of drug-likeness (QED) is 0.570. The molecule has 3 nitrogen and oxygen atoms in total. The van der Waals surface area contributed by atoms with E-state index in [1.54, 1.807) is 0 Å². The van der Waals surface area contributed by atoms with E-state index in [4.69, 9.17) is 5.84 Å². The molecule has 1 atom stereocenters. The van der Waals surface area contributed by atoms with Crippen molar-refractivity contribution in [3.63, 3.8) is 0 Å². The molecule has 3 rings (SSSR count). The fraction of sp³-hybridized carbons (Fsp3) is 0.167. The van der Waals surface area contributed by atoms with Crippen LogP contribution in [-0.2, 0) is 0 Å². The van der Waals surface area contributed by atoms with Crippen LogP contribution in [0.1, 0.15) is 28.3 Å². The number of hydrogen-bond donors (Lipinski definition) is 2. The first-order valence-corrected chi connectivity index (χ1v) is 7.07. The van der Waals surface area contributed by atoms with Crippen LogP contribution in [-0.4, -0.2) is 4.98 Å². The molecule has 106 valence electrons. The number of aromatic nitrogens is 1. The van der Waals surface area contributed by atoms with Crippen molar-refractivity contribution in [2.45, 2.75) is 19.9 Å². The summed E-state index contributed by atoms with van der Waals surface area (Å²) in [5, 5.41) is 1.14. The first kappa shape index (κ1) is 13.7. The fourth-order valence-electron chi connectivity index (χ4n) is 2.78. The van der Waals surface area contributed by atoms with E-state index in [-0.39, 0.29) is 6.04 Å². The van der Waals surface area contributed by atoms with Gasteiger partial charge >= 0.3 is 0 Å². The van der Waals surface area contributed by atoms with E-state index < -0.39 is 0 Å². The van der Waals surface area contributed by atoms with Crippen molar-refractivity contribution in [1.29, 1.82) is 0 Å². The average molecular weight is 277 g/mol. The van der Waals surface area contributed by atoms with Crippen LogP contribution in [0.5, 0.6) is 0 Å². The van der Waals surface area contributed by atoms with Crippen LogP contribution in [0.3, 0.4) is 0 Å². The molecule has 1 aromatic heterocycles. The largest absolute Gasteiger partial charge is 0.271 e. The zero-order valence-electron chi connectivity index (χ0n) is 12.3. The molecule has 3 heteroatoms. The smallest absolute Gasteiger partial charge is 0.0713 e. The van der Waals surface area contributed by atoms with Crippen molar-refractivity contribution < 1.29 is 0 Å². The van der Waals surface area contributed by atoms with Gasteiger partial charge in [0.15, 0.2) is 0 Å². The highest BCUT2D eigenvalue weighted by Crippen LogP contribution is 2.27. The van der Waals surface area contributed by atoms with Gasteiger partial charge in [0.1, 0.15) is 0 Å². The molecule has 0 saturated heterocycles. The minimum absolute atomic E-state index is 0.0305. The van der Waals surface area contributed by atoms with E-state index in [1.807, 2.05) is 12.3 Å². The average Bonchev–Trinajstić information content (AvgIpc) is 2.50. The van der Waals surface area contributed by atoms with Gasteiger partial charge in [-0.3, -0.25) is 10.8 Å². The van der Waals surface area contributed by atoms with E-state index in [0.717, 1.165) is 16.5 Å². The number of nitrogens with zero attached hydrogens (tertiary/aromatic N) is 1. The molecule has 1 unspecified atom stereocenters. The maximum atomic E-state index is 5.82. The molecule has 0 aliphatic carbocycles. The molecule has 21 heavy (non-hydrogen) atoms. The van der Waals surface area contributed by atoms with Crippen LogP contribution in [0.4, 0.5) is 0 Å². The Morgan fingerprint density at radius 1 is 1.05 bits per heavy atom. The minimum Gasteiger partial charge on any atom is -0.271 e. The molecule has 0 aliphatic rings. The zero-order chi connectivity index (χ0) is 14.8. The Bertz CT molecular complexity index is 780. The van der Waals surface area contributed by atoms with Crippen molar-refractivity contribution in [2.24, 2.45) is 5.84 Å². The van der Waals surface area contributed by atoms with Gasteiger partial charge < -0.3 is 0 Å². The first-order valence-electron chi connectivity index (χ1n) is 7.07. The van der Waals surface area contributed by atoms with Crippen LogP contribution < -0.4 is 11.3 Å². The van der Waals surface area contributed by atoms with Gasteiger partial charge in [-0.2, -0.15) is 0 Å². The number of aryl methyl sites for hydroxylation is 2. The maximum Gasteiger partial charge on any atom is 0.0713 e. The second-order valence-corrected chi connectivity index (χ2v) is 5.42. The van der Waals surface area contributed by atoms with E-state index >= 15 is 0 Å². The second kappa shape index (κ2) is 5.64. The molecular weight excluding hydrogens is 258 g/mol. The predicted molar refractivity (Wildman–Crippen MR) is 86.8 cm³/mol. The van der Waals surface area contributed by atoms with Crippen molar-refractivity contribution in [3.05, 3.63) is 77.0 Å². The number of hydrogen-bond acceptors (Lipinski definition) is 3. The third-order valence-electron chi connectivity index (χ3n) is 3.87. The van der Waals surface area contributed by atoms with Gasteiger partial charge in [-0.05, 0) is 42.7 Å². The Morgan fingerprint density at radius 2 is 1.90 bits per heavy atom. The summed E-state index contributed by atoms with van der Waals surface area (Å²) < 4.78 is 0. The molecule has 1 heterocycles. The van der Waals surface area contributed by atoms with Crippen LogP contribution in [0, 0.1) is 13.8 Å². The summed E-state index contributed by atoms with van der Waals surface area (Å²) in [4.78, 5) is 4.42. The number of pyridine rings is 1. The molecule has 0 saturated carbocycles. The first-order chi connectivity index (χ1) is 10.2. The third-order valence-corrected chi connectivity index (χ3v) is 3.87. The van der Waals surface area contributed by atoms with Crippen LogP contribution >= 0.6 is 0 Å². The van der Waals surface area contributed by atoms with Gasteiger partial charge in [-0.25, -0.2) is 5.43 Å². The summed E-state index contributed by atoms with van der Waals surface area (Å²) >= 11 is 0. The standard InChI is InChI=1S/C18H19N3/c1-12-5-8-16(13(2)10-12)18(21-19)15-7-6-14-4-3-9-20-17(14)11-15/h3-11,18,21H,19H2,1-2H3. The molecule has 0 radical (unpaired) electrons. The lowest BCUT2D eigenvalue weighted by atomic mass is 9.93. The molecule has 2 aromatic carbocycles. The molecule has 0 bridgehead atoms. The van der Waals surface area contributed by atoms with Gasteiger partial charge in [0.05, 0.1) is 11.6 Å². The van der Waals surface area contributed by atoms with Crippen molar-refractivity contribution >= 4 is 10.9 Å². The Morgan fingerprint density at radius 3 is 2.67 bits per heavy atom. The molecule has 0 aliphatic heterocycles. The van der Waals surface area contributed by atoms with Gasteiger partial charge in [-0.1, -0.05) is 42.0 Å². The molecule has 0 spiro atoms. The Labute approximate surface area is 124 Å². The summed E-state index contributed by atoms with van der Waals surface area (Å²) in [7, 11) is 0. The highest BCUT2D eigenvalue weighted by atomic mass is 15.2. The second-order valence-electron chi connectivity index (χ2n) is 5.42. The number of nitrogens with two attached hydrogens (primary N) is 1. The van der Waals surface area contributed by atoms with Crippen LogP contribution in [0.2, 0.25) is 0 Å². The summed E-state index contributed by atoms with van der Waals surface area (Å²) in [6, 6.07) is 16.7. The Balaban J connectivity index is 2.09. The molecule has 0 fully saturated rings. The SMILES string of the molecule is Cc1ccc(C(NN)c2ccc3cccnc3c2)c(C)c1. The molecule has 3 N–H and O–H groups in total. The van der Waals surface area contributed by atoms with Crippen LogP contribution in [0.15, 0.2) is 54.7 Å². The molecular formula is C18H19N3. The third kappa shape index (κ3) is 2.66. The van der Waals surface area contributed by atoms with Gasteiger partial charge in [0, 0.05) is 11.6 Å². The van der Waals surface area contributed by atoms with Crippen molar-refractivity contribution in [3.8, 4) is 0 Å². The Hall–Kier alpha value is -2.23. The lowest BCUT2D eigenvalue weighted by Crippen LogP contribution is -2.29. The lowest BCUT2D eigenvalue weighted by molar-refractivity contribution is 0.634. The monoisotopic (exact) mass is 277 g/mol. The van der Waals surface area contributed by atoms with Gasteiger partial charge in [-0.15, -0.1) is 0 Å². The Kier molecular flexibility index (Phi) is 3.69. The van der Waals surface area contributed by atoms with Crippen LogP contribution in [0.25, 0.3) is 10.9 Å². The van der Waals surface area contributed by atoms with Crippen molar-refractivity contribution in [2.75, 3.05) is 0 Å². The summed E-state index contributed by atoms with van der Waals surface area (Å²) in [6.45, 7) is 4.22. The normalized spacial score (nSPS) is 12.5. The summed E-state index contributed by atoms with van der Waals surface area (Å²) in [6.07, 6.45) is 1.81. The number of benzene rings is 2. The van der Waals surface area contributed by atoms with Gasteiger partial charge in [0.25, 0.3) is 0 Å². The highest BCUT2D eigenvalue weighted by molar-refractivity contribution is 5.79. The minimum atomic E-state index is -0.0305.